The molecule has 0 aliphatic heterocycles. The molecule has 3 rings (SSSR count). The van der Waals surface area contributed by atoms with E-state index in [0.717, 1.165) is 20.9 Å². The van der Waals surface area contributed by atoms with Gasteiger partial charge >= 0.3 is 13.3 Å². The standard InChI is InChI=1S/C21H19N2O7P/c24-18(11-19(25)31(28,29)30)17-14-22(12-15-7-3-1-4-8-15)21(27)23(20(17)26)13-16-9-5-2-6-10-16/h1-10,14H,11-13H2,(H2,28,29,30). The Bertz CT molecular complexity index is 1270. The lowest BCUT2D eigenvalue weighted by Gasteiger charge is -2.13. The van der Waals surface area contributed by atoms with E-state index >= 15 is 0 Å². The summed E-state index contributed by atoms with van der Waals surface area (Å²) in [7, 11) is -5.13. The molecule has 0 bridgehead atoms. The molecule has 2 N–H and O–H groups in total. The lowest BCUT2D eigenvalue weighted by Crippen LogP contribution is -2.42. The number of benzene rings is 2. The number of hydrogen-bond acceptors (Lipinski definition) is 5. The minimum Gasteiger partial charge on any atom is -0.319 e. The van der Waals surface area contributed by atoms with Crippen molar-refractivity contribution >= 4 is 18.9 Å². The van der Waals surface area contributed by atoms with Gasteiger partial charge in [0.15, 0.2) is 5.78 Å². The van der Waals surface area contributed by atoms with Gasteiger partial charge in [-0.15, -0.1) is 0 Å². The third kappa shape index (κ3) is 5.40. The Kier molecular flexibility index (Phi) is 6.60. The average molecular weight is 442 g/mol. The molecule has 0 amide bonds. The number of hydrogen-bond donors (Lipinski definition) is 2. The van der Waals surface area contributed by atoms with Crippen LogP contribution in [0.25, 0.3) is 0 Å². The Morgan fingerprint density at radius 3 is 1.87 bits per heavy atom. The van der Waals surface area contributed by atoms with Crippen LogP contribution in [0.2, 0.25) is 0 Å². The van der Waals surface area contributed by atoms with Crippen molar-refractivity contribution in [3.8, 4) is 0 Å². The van der Waals surface area contributed by atoms with E-state index in [1.165, 1.54) is 0 Å². The van der Waals surface area contributed by atoms with Crippen molar-refractivity contribution in [2.45, 2.75) is 19.5 Å². The summed E-state index contributed by atoms with van der Waals surface area (Å²) in [5.41, 5.74) is -2.29. The Balaban J connectivity index is 2.10. The van der Waals surface area contributed by atoms with Gasteiger partial charge in [-0.2, -0.15) is 0 Å². The summed E-state index contributed by atoms with van der Waals surface area (Å²) in [6, 6.07) is 17.5. The number of carbonyl (C=O) groups excluding carboxylic acids is 2. The largest absolute Gasteiger partial charge is 0.392 e. The molecule has 0 aliphatic rings. The van der Waals surface area contributed by atoms with Crippen LogP contribution in [0, 0.1) is 0 Å². The van der Waals surface area contributed by atoms with Gasteiger partial charge in [-0.25, -0.2) is 4.79 Å². The zero-order valence-corrected chi connectivity index (χ0v) is 17.1. The number of rotatable bonds is 8. The minimum atomic E-state index is -5.13. The Morgan fingerprint density at radius 1 is 0.839 bits per heavy atom. The normalized spacial score (nSPS) is 11.3. The fourth-order valence-electron chi connectivity index (χ4n) is 2.98. The molecule has 0 atom stereocenters. The first-order chi connectivity index (χ1) is 14.7. The van der Waals surface area contributed by atoms with Crippen LogP contribution in [0.4, 0.5) is 0 Å². The molecule has 160 valence electrons. The molecule has 2 aromatic carbocycles. The van der Waals surface area contributed by atoms with Crippen LogP contribution in [0.5, 0.6) is 0 Å². The molecule has 31 heavy (non-hydrogen) atoms. The third-order valence-electron chi connectivity index (χ3n) is 4.55. The molecule has 1 heterocycles. The van der Waals surface area contributed by atoms with Crippen LogP contribution < -0.4 is 11.2 Å². The zero-order chi connectivity index (χ0) is 22.6. The molecule has 0 saturated carbocycles. The maximum atomic E-state index is 13.0. The van der Waals surface area contributed by atoms with Gasteiger partial charge in [0.05, 0.1) is 25.1 Å². The van der Waals surface area contributed by atoms with Crippen LogP contribution in [0.15, 0.2) is 76.4 Å². The van der Waals surface area contributed by atoms with E-state index in [4.69, 9.17) is 9.79 Å². The first kappa shape index (κ1) is 22.3. The highest BCUT2D eigenvalue weighted by Crippen LogP contribution is 2.37. The molecule has 3 aromatic rings. The molecular weight excluding hydrogens is 423 g/mol. The fraction of sp³-hybridized carbons (Fsp3) is 0.143. The van der Waals surface area contributed by atoms with E-state index in [1.54, 1.807) is 60.7 Å². The summed E-state index contributed by atoms with van der Waals surface area (Å²) in [4.78, 5) is 68.0. The second-order valence-electron chi connectivity index (χ2n) is 6.85. The van der Waals surface area contributed by atoms with Crippen molar-refractivity contribution in [1.29, 1.82) is 0 Å². The fourth-order valence-corrected chi connectivity index (χ4v) is 3.33. The summed E-state index contributed by atoms with van der Waals surface area (Å²) in [6.07, 6.45) is -0.108. The van der Waals surface area contributed by atoms with E-state index in [-0.39, 0.29) is 13.1 Å². The lowest BCUT2D eigenvalue weighted by atomic mass is 10.1. The van der Waals surface area contributed by atoms with Crippen molar-refractivity contribution in [3.63, 3.8) is 0 Å². The Hall–Kier alpha value is -3.39. The topological polar surface area (TPSA) is 136 Å². The molecule has 0 unspecified atom stereocenters. The molecule has 0 saturated heterocycles. The van der Waals surface area contributed by atoms with Gasteiger partial charge in [0, 0.05) is 6.20 Å². The summed E-state index contributed by atoms with van der Waals surface area (Å²) < 4.78 is 13.1. The van der Waals surface area contributed by atoms with Crippen LogP contribution in [-0.4, -0.2) is 30.2 Å². The monoisotopic (exact) mass is 442 g/mol. The van der Waals surface area contributed by atoms with E-state index in [1.807, 2.05) is 0 Å². The zero-order valence-electron chi connectivity index (χ0n) is 16.2. The van der Waals surface area contributed by atoms with Gasteiger partial charge in [-0.1, -0.05) is 60.7 Å². The van der Waals surface area contributed by atoms with Crippen LogP contribution >= 0.6 is 7.60 Å². The second kappa shape index (κ2) is 9.18. The summed E-state index contributed by atoms with van der Waals surface area (Å²) >= 11 is 0. The maximum Gasteiger partial charge on any atom is 0.392 e. The molecule has 1 aromatic heterocycles. The third-order valence-corrected chi connectivity index (χ3v) is 5.36. The van der Waals surface area contributed by atoms with E-state index in [2.05, 4.69) is 0 Å². The highest BCUT2D eigenvalue weighted by atomic mass is 31.2. The predicted molar refractivity (Wildman–Crippen MR) is 112 cm³/mol. The second-order valence-corrected chi connectivity index (χ2v) is 8.44. The Morgan fingerprint density at radius 2 is 1.35 bits per heavy atom. The minimum absolute atomic E-state index is 0.0570. The summed E-state index contributed by atoms with van der Waals surface area (Å²) in [6.45, 7) is -0.0533. The van der Waals surface area contributed by atoms with Gasteiger partial charge in [0.1, 0.15) is 0 Å². The molecule has 0 radical (unpaired) electrons. The van der Waals surface area contributed by atoms with Crippen LogP contribution in [0.3, 0.4) is 0 Å². The smallest absolute Gasteiger partial charge is 0.319 e. The number of carbonyl (C=O) groups is 2. The van der Waals surface area contributed by atoms with Crippen molar-refractivity contribution in [3.05, 3.63) is 104 Å². The predicted octanol–water partition coefficient (Wildman–Crippen LogP) is 1.38. The van der Waals surface area contributed by atoms with Gasteiger partial charge in [0.2, 0.25) is 0 Å². The van der Waals surface area contributed by atoms with Gasteiger partial charge in [-0.05, 0) is 11.1 Å². The van der Waals surface area contributed by atoms with Crippen LogP contribution in [0.1, 0.15) is 27.9 Å². The SMILES string of the molecule is O=C(CC(=O)P(=O)(O)O)c1cn(Cc2ccccc2)c(=O)n(Cc2ccccc2)c1=O. The van der Waals surface area contributed by atoms with Crippen molar-refractivity contribution < 1.29 is 23.9 Å². The lowest BCUT2D eigenvalue weighted by molar-refractivity contribution is -0.112. The summed E-state index contributed by atoms with van der Waals surface area (Å²) in [5.74, 6) is -1.07. The maximum absolute atomic E-state index is 13.0. The van der Waals surface area contributed by atoms with Gasteiger partial charge < -0.3 is 9.79 Å². The van der Waals surface area contributed by atoms with Crippen molar-refractivity contribution in [1.82, 2.24) is 9.13 Å². The summed E-state index contributed by atoms with van der Waals surface area (Å²) in [5, 5.41) is 0. The average Bonchev–Trinajstić information content (AvgIpc) is 2.74. The van der Waals surface area contributed by atoms with Gasteiger partial charge in [-0.3, -0.25) is 28.1 Å². The highest BCUT2D eigenvalue weighted by molar-refractivity contribution is 7.70. The molecule has 0 aliphatic carbocycles. The quantitative estimate of drug-likeness (QED) is 0.306. The van der Waals surface area contributed by atoms with Crippen molar-refractivity contribution in [2.24, 2.45) is 0 Å². The number of nitrogens with zero attached hydrogens (tertiary/aromatic N) is 2. The first-order valence-electron chi connectivity index (χ1n) is 9.21. The number of Topliss-reactive ketones (excluding diaryl/α,β-unsaturated/α-hetero) is 1. The molecule has 0 spiro atoms. The first-order valence-corrected chi connectivity index (χ1v) is 10.8. The molecular formula is C21H19N2O7P. The highest BCUT2D eigenvalue weighted by Gasteiger charge is 2.30. The number of aromatic nitrogens is 2. The molecule has 9 nitrogen and oxygen atoms in total. The molecule has 10 heteroatoms. The molecule has 0 fully saturated rings. The van der Waals surface area contributed by atoms with Gasteiger partial charge in [0.25, 0.3) is 11.1 Å². The number of ketones is 1. The van der Waals surface area contributed by atoms with E-state index in [0.29, 0.717) is 5.56 Å². The van der Waals surface area contributed by atoms with Crippen molar-refractivity contribution in [2.75, 3.05) is 0 Å². The van der Waals surface area contributed by atoms with E-state index in [9.17, 15) is 23.7 Å². The Labute approximate surface area is 176 Å². The van der Waals surface area contributed by atoms with E-state index < -0.39 is 42.1 Å². The van der Waals surface area contributed by atoms with Crippen LogP contribution in [-0.2, 0) is 22.4 Å².